The van der Waals surface area contributed by atoms with Crippen molar-refractivity contribution in [2.45, 2.75) is 41.3 Å². The maximum Gasteiger partial charge on any atom is 0.126 e. The molecule has 0 radical (unpaired) electrons. The standard InChI is InChI=1S/C16H24B2N2S/c1-11(19(2)3)16(17,18)20-9-8-12-10-14(6-7-15(12)20)21-13-4-5-13/h6-11,13H,4-5,17-18H2,1-3H3/t11-/m1/s1. The fourth-order valence-electron chi connectivity index (χ4n) is 2.91. The Morgan fingerprint density at radius 2 is 2.00 bits per heavy atom. The highest BCUT2D eigenvalue weighted by Gasteiger charge is 2.30. The molecule has 21 heavy (non-hydrogen) atoms. The molecule has 0 spiro atoms. The molecule has 1 fully saturated rings. The van der Waals surface area contributed by atoms with Gasteiger partial charge >= 0.3 is 0 Å². The van der Waals surface area contributed by atoms with Gasteiger partial charge in [0.15, 0.2) is 0 Å². The second-order valence-corrected chi connectivity index (χ2v) is 8.39. The van der Waals surface area contributed by atoms with Crippen molar-refractivity contribution in [3.8, 4) is 0 Å². The molecular weight excluding hydrogens is 274 g/mol. The van der Waals surface area contributed by atoms with Gasteiger partial charge in [0, 0.05) is 33.3 Å². The van der Waals surface area contributed by atoms with Crippen LogP contribution >= 0.6 is 11.8 Å². The van der Waals surface area contributed by atoms with Crippen LogP contribution in [-0.2, 0) is 5.34 Å². The molecule has 1 heterocycles. The minimum absolute atomic E-state index is 0.0659. The molecule has 3 rings (SSSR count). The van der Waals surface area contributed by atoms with Crippen LogP contribution in [0.25, 0.3) is 10.9 Å². The van der Waals surface area contributed by atoms with Crippen molar-refractivity contribution in [1.29, 1.82) is 0 Å². The Balaban J connectivity index is 1.95. The Kier molecular flexibility index (Phi) is 3.91. The van der Waals surface area contributed by atoms with E-state index in [9.17, 15) is 0 Å². The van der Waals surface area contributed by atoms with Gasteiger partial charge in [-0.2, -0.15) is 0 Å². The van der Waals surface area contributed by atoms with Crippen molar-refractivity contribution in [2.75, 3.05) is 14.1 Å². The zero-order chi connectivity index (χ0) is 15.2. The summed E-state index contributed by atoms with van der Waals surface area (Å²) in [5.41, 5.74) is 1.34. The molecule has 1 atom stereocenters. The molecule has 2 nitrogen and oxygen atoms in total. The second kappa shape index (κ2) is 5.44. The van der Waals surface area contributed by atoms with Gasteiger partial charge in [0.1, 0.15) is 15.7 Å². The summed E-state index contributed by atoms with van der Waals surface area (Å²) in [6.45, 7) is 2.29. The average molecular weight is 298 g/mol. The molecule has 2 aromatic rings. The largest absolute Gasteiger partial charge is 0.356 e. The predicted octanol–water partition coefficient (Wildman–Crippen LogP) is 1.72. The molecule has 1 aromatic carbocycles. The average Bonchev–Trinajstić information content (AvgIpc) is 3.13. The molecule has 0 saturated heterocycles. The highest BCUT2D eigenvalue weighted by Crippen LogP contribution is 2.40. The van der Waals surface area contributed by atoms with E-state index in [0.717, 1.165) is 5.25 Å². The monoisotopic (exact) mass is 298 g/mol. The lowest BCUT2D eigenvalue weighted by Gasteiger charge is -2.39. The normalized spacial score (nSPS) is 17.5. The van der Waals surface area contributed by atoms with Crippen LogP contribution in [-0.4, -0.2) is 50.5 Å². The second-order valence-electron chi connectivity index (χ2n) is 7.02. The van der Waals surface area contributed by atoms with Crippen LogP contribution in [0.4, 0.5) is 0 Å². The first-order chi connectivity index (χ1) is 9.89. The van der Waals surface area contributed by atoms with Crippen molar-refractivity contribution >= 4 is 38.4 Å². The van der Waals surface area contributed by atoms with Crippen molar-refractivity contribution in [3.63, 3.8) is 0 Å². The fourth-order valence-corrected chi connectivity index (χ4v) is 4.01. The van der Waals surface area contributed by atoms with Gasteiger partial charge in [-0.1, -0.05) is 0 Å². The third kappa shape index (κ3) is 2.91. The maximum atomic E-state index is 2.43. The minimum atomic E-state index is 0.0659. The number of aromatic nitrogens is 1. The lowest BCUT2D eigenvalue weighted by atomic mass is 9.57. The van der Waals surface area contributed by atoms with E-state index in [1.54, 1.807) is 0 Å². The van der Waals surface area contributed by atoms with Crippen molar-refractivity contribution in [1.82, 2.24) is 9.47 Å². The molecular formula is C16H24B2N2S. The number of benzene rings is 1. The zero-order valence-electron chi connectivity index (χ0n) is 13.8. The molecule has 0 bridgehead atoms. The van der Waals surface area contributed by atoms with E-state index in [0.29, 0.717) is 6.04 Å². The molecule has 1 saturated carbocycles. The van der Waals surface area contributed by atoms with Gasteiger partial charge in [-0.25, -0.2) is 0 Å². The first kappa shape index (κ1) is 15.1. The van der Waals surface area contributed by atoms with E-state index in [2.05, 4.69) is 76.6 Å². The van der Waals surface area contributed by atoms with Crippen LogP contribution in [0.3, 0.4) is 0 Å². The Morgan fingerprint density at radius 1 is 1.29 bits per heavy atom. The molecule has 1 aliphatic rings. The van der Waals surface area contributed by atoms with Crippen molar-refractivity contribution in [2.24, 2.45) is 0 Å². The molecule has 5 heteroatoms. The molecule has 1 aliphatic carbocycles. The third-order valence-electron chi connectivity index (χ3n) is 4.91. The van der Waals surface area contributed by atoms with Crippen LogP contribution in [0.1, 0.15) is 19.8 Å². The Morgan fingerprint density at radius 3 is 2.62 bits per heavy atom. The van der Waals surface area contributed by atoms with E-state index < -0.39 is 0 Å². The number of likely N-dealkylation sites (N-methyl/N-ethyl adjacent to an activating group) is 1. The topological polar surface area (TPSA) is 8.17 Å². The summed E-state index contributed by atoms with van der Waals surface area (Å²) in [6, 6.07) is 9.66. The molecule has 0 amide bonds. The van der Waals surface area contributed by atoms with Crippen molar-refractivity contribution in [3.05, 3.63) is 30.5 Å². The fraction of sp³-hybridized carbons (Fsp3) is 0.500. The lowest BCUT2D eigenvalue weighted by Crippen LogP contribution is -2.51. The van der Waals surface area contributed by atoms with E-state index in [4.69, 9.17) is 0 Å². The van der Waals surface area contributed by atoms with E-state index >= 15 is 0 Å². The summed E-state index contributed by atoms with van der Waals surface area (Å²) < 4.78 is 2.43. The molecule has 0 unspecified atom stereocenters. The Bertz CT molecular complexity index is 647. The SMILES string of the molecule is BC(B)([C@@H](C)N(C)C)n1ccc2cc(SC3CC3)ccc21. The van der Waals surface area contributed by atoms with Gasteiger partial charge < -0.3 is 9.47 Å². The Hall–Kier alpha value is -0.800. The van der Waals surface area contributed by atoms with Gasteiger partial charge in [0.25, 0.3) is 0 Å². The summed E-state index contributed by atoms with van der Waals surface area (Å²) in [6.07, 6.45) is 5.02. The lowest BCUT2D eigenvalue weighted by molar-refractivity contribution is 0.254. The van der Waals surface area contributed by atoms with Crippen LogP contribution in [0.5, 0.6) is 0 Å². The third-order valence-corrected chi connectivity index (χ3v) is 6.24. The van der Waals surface area contributed by atoms with Crippen LogP contribution in [0.2, 0.25) is 0 Å². The highest BCUT2D eigenvalue weighted by atomic mass is 32.2. The van der Waals surface area contributed by atoms with E-state index in [1.165, 1.54) is 28.6 Å². The predicted molar refractivity (Wildman–Crippen MR) is 99.0 cm³/mol. The summed E-state index contributed by atoms with van der Waals surface area (Å²) >= 11 is 2.03. The van der Waals surface area contributed by atoms with Gasteiger partial charge in [0.05, 0.1) is 0 Å². The summed E-state index contributed by atoms with van der Waals surface area (Å²) in [5.74, 6) is 0. The quantitative estimate of drug-likeness (QED) is 0.777. The number of rotatable bonds is 5. The van der Waals surface area contributed by atoms with Crippen LogP contribution in [0, 0.1) is 0 Å². The smallest absolute Gasteiger partial charge is 0.126 e. The van der Waals surface area contributed by atoms with Gasteiger partial charge in [-0.05, 0) is 63.5 Å². The maximum absolute atomic E-state index is 2.43. The van der Waals surface area contributed by atoms with Crippen LogP contribution in [0.15, 0.2) is 35.4 Å². The Labute approximate surface area is 134 Å². The molecule has 110 valence electrons. The summed E-state index contributed by atoms with van der Waals surface area (Å²) in [5, 5.41) is 2.30. The first-order valence-electron chi connectivity index (χ1n) is 7.84. The van der Waals surface area contributed by atoms with Crippen molar-refractivity contribution < 1.29 is 0 Å². The molecule has 0 N–H and O–H groups in total. The first-order valence-corrected chi connectivity index (χ1v) is 8.72. The summed E-state index contributed by atoms with van der Waals surface area (Å²) in [4.78, 5) is 3.71. The molecule has 1 aromatic heterocycles. The zero-order valence-corrected chi connectivity index (χ0v) is 14.6. The van der Waals surface area contributed by atoms with Crippen LogP contribution < -0.4 is 0 Å². The van der Waals surface area contributed by atoms with Gasteiger partial charge in [0.2, 0.25) is 0 Å². The van der Waals surface area contributed by atoms with E-state index in [-0.39, 0.29) is 5.34 Å². The number of fused-ring (bicyclic) bond motifs is 1. The summed E-state index contributed by atoms with van der Waals surface area (Å²) in [7, 11) is 8.96. The molecule has 0 aliphatic heterocycles. The number of hydrogen-bond donors (Lipinski definition) is 0. The highest BCUT2D eigenvalue weighted by molar-refractivity contribution is 8.00. The van der Waals surface area contributed by atoms with E-state index in [1.807, 2.05) is 11.8 Å². The minimum Gasteiger partial charge on any atom is -0.356 e. The van der Waals surface area contributed by atoms with Gasteiger partial charge in [-0.15, -0.1) is 11.8 Å². The number of nitrogens with zero attached hydrogens (tertiary/aromatic N) is 2. The number of thioether (sulfide) groups is 1. The number of hydrogen-bond acceptors (Lipinski definition) is 2. The van der Waals surface area contributed by atoms with Gasteiger partial charge in [-0.3, -0.25) is 0 Å².